The molecule has 1 aromatic heterocycles. The predicted molar refractivity (Wildman–Crippen MR) is 92.9 cm³/mol. The third-order valence-electron chi connectivity index (χ3n) is 5.49. The van der Waals surface area contributed by atoms with E-state index in [4.69, 9.17) is 16.6 Å². The Balaban J connectivity index is 2.00. The lowest BCUT2D eigenvalue weighted by Gasteiger charge is -2.38. The largest absolute Gasteiger partial charge is 0.309 e. The van der Waals surface area contributed by atoms with E-state index < -0.39 is 0 Å². The Labute approximate surface area is 141 Å². The van der Waals surface area contributed by atoms with Crippen LogP contribution in [-0.2, 0) is 17.7 Å². The Morgan fingerprint density at radius 3 is 2.61 bits per heavy atom. The average molecular weight is 329 g/mol. The van der Waals surface area contributed by atoms with Crippen LogP contribution < -0.4 is 5.56 Å². The number of aromatic nitrogens is 2. The summed E-state index contributed by atoms with van der Waals surface area (Å²) in [6, 6.07) is 8.39. The zero-order valence-corrected chi connectivity index (χ0v) is 14.0. The van der Waals surface area contributed by atoms with Gasteiger partial charge in [-0.2, -0.15) is 0 Å². The van der Waals surface area contributed by atoms with Crippen LogP contribution >= 0.6 is 11.6 Å². The second-order valence-electron chi connectivity index (χ2n) is 6.90. The number of H-pyrrole nitrogens is 1. The van der Waals surface area contributed by atoms with Crippen molar-refractivity contribution in [2.75, 3.05) is 0 Å². The maximum absolute atomic E-state index is 12.9. The summed E-state index contributed by atoms with van der Waals surface area (Å²) >= 11 is 5.94. The summed E-state index contributed by atoms with van der Waals surface area (Å²) in [5.74, 6) is 0.799. The minimum Gasteiger partial charge on any atom is -0.309 e. The van der Waals surface area contributed by atoms with E-state index in [9.17, 15) is 4.79 Å². The van der Waals surface area contributed by atoms with Crippen molar-refractivity contribution in [3.63, 3.8) is 0 Å². The molecule has 0 radical (unpaired) electrons. The first-order valence-corrected chi connectivity index (χ1v) is 9.05. The molecular formula is C19H21ClN2O. The van der Waals surface area contributed by atoms with Crippen LogP contribution in [0.1, 0.15) is 55.5 Å². The summed E-state index contributed by atoms with van der Waals surface area (Å²) in [5.41, 5.74) is 4.17. The highest BCUT2D eigenvalue weighted by atomic mass is 35.5. The molecule has 1 saturated carbocycles. The van der Waals surface area contributed by atoms with Crippen molar-refractivity contribution < 1.29 is 0 Å². The number of aromatic amines is 1. The molecule has 120 valence electrons. The number of halogens is 1. The molecule has 1 fully saturated rings. The molecular weight excluding hydrogens is 308 g/mol. The summed E-state index contributed by atoms with van der Waals surface area (Å²) in [6.45, 7) is 0. The third kappa shape index (κ3) is 2.42. The molecule has 2 aliphatic rings. The molecule has 0 bridgehead atoms. The van der Waals surface area contributed by atoms with E-state index in [0.717, 1.165) is 36.1 Å². The van der Waals surface area contributed by atoms with Gasteiger partial charge in [0, 0.05) is 11.0 Å². The van der Waals surface area contributed by atoms with Crippen molar-refractivity contribution in [3.8, 4) is 11.3 Å². The number of nitrogens with zero attached hydrogens (tertiary/aromatic N) is 1. The number of fused-ring (bicyclic) bond motifs is 4. The molecule has 4 rings (SSSR count). The summed E-state index contributed by atoms with van der Waals surface area (Å²) in [4.78, 5) is 20.5. The molecule has 0 saturated heterocycles. The smallest absolute Gasteiger partial charge is 0.255 e. The summed E-state index contributed by atoms with van der Waals surface area (Å²) < 4.78 is 0. The lowest BCUT2D eigenvalue weighted by atomic mass is 9.65. The minimum atomic E-state index is -0.0500. The molecule has 0 amide bonds. The lowest BCUT2D eigenvalue weighted by molar-refractivity contribution is 0.359. The second kappa shape index (κ2) is 5.79. The minimum absolute atomic E-state index is 0.0158. The zero-order chi connectivity index (χ0) is 15.9. The van der Waals surface area contributed by atoms with Crippen molar-refractivity contribution in [3.05, 3.63) is 51.6 Å². The summed E-state index contributed by atoms with van der Waals surface area (Å²) in [5, 5.41) is 0. The first kappa shape index (κ1) is 14.9. The maximum Gasteiger partial charge on any atom is 0.255 e. The Bertz CT molecular complexity index is 788. The fourth-order valence-corrected chi connectivity index (χ4v) is 4.59. The first-order chi connectivity index (χ1) is 11.2. The molecule has 23 heavy (non-hydrogen) atoms. The molecule has 4 heteroatoms. The number of alkyl halides is 1. The van der Waals surface area contributed by atoms with E-state index in [0.29, 0.717) is 5.82 Å². The molecule has 2 aromatic rings. The van der Waals surface area contributed by atoms with Gasteiger partial charge in [0.05, 0.1) is 17.1 Å². The second-order valence-corrected chi connectivity index (χ2v) is 7.17. The van der Waals surface area contributed by atoms with Crippen LogP contribution in [0.15, 0.2) is 29.1 Å². The van der Waals surface area contributed by atoms with Crippen LogP contribution in [0.25, 0.3) is 11.3 Å². The van der Waals surface area contributed by atoms with Crippen LogP contribution in [0, 0.1) is 0 Å². The molecule has 2 aliphatic carbocycles. The third-order valence-corrected chi connectivity index (χ3v) is 5.74. The van der Waals surface area contributed by atoms with E-state index in [1.807, 2.05) is 6.07 Å². The molecule has 1 aromatic carbocycles. The molecule has 1 heterocycles. The Morgan fingerprint density at radius 1 is 1.13 bits per heavy atom. The van der Waals surface area contributed by atoms with Crippen molar-refractivity contribution in [1.82, 2.24) is 9.97 Å². The highest BCUT2D eigenvalue weighted by Gasteiger charge is 2.41. The molecule has 1 N–H and O–H groups in total. The van der Waals surface area contributed by atoms with Gasteiger partial charge in [-0.1, -0.05) is 49.9 Å². The van der Waals surface area contributed by atoms with Gasteiger partial charge in [0.1, 0.15) is 5.82 Å². The van der Waals surface area contributed by atoms with Crippen LogP contribution in [0.2, 0.25) is 0 Å². The van der Waals surface area contributed by atoms with Crippen molar-refractivity contribution in [2.45, 2.75) is 56.2 Å². The molecule has 0 atom stereocenters. The number of hydrogen-bond acceptors (Lipinski definition) is 2. The SMILES string of the molecule is O=c1[nH]c(CCl)nc2c1C1(CCCCCC1)Cc1ccccc1-2. The van der Waals surface area contributed by atoms with Gasteiger partial charge in [-0.3, -0.25) is 4.79 Å². The van der Waals surface area contributed by atoms with Crippen LogP contribution in [0.4, 0.5) is 0 Å². The monoisotopic (exact) mass is 328 g/mol. The van der Waals surface area contributed by atoms with E-state index in [-0.39, 0.29) is 16.9 Å². The van der Waals surface area contributed by atoms with E-state index in [1.165, 1.54) is 31.2 Å². The van der Waals surface area contributed by atoms with Crippen molar-refractivity contribution in [1.29, 1.82) is 0 Å². The predicted octanol–water partition coefficient (Wildman–Crippen LogP) is 4.32. The Hall–Kier alpha value is -1.61. The Morgan fingerprint density at radius 2 is 1.87 bits per heavy atom. The number of hydrogen-bond donors (Lipinski definition) is 1. The highest BCUT2D eigenvalue weighted by Crippen LogP contribution is 2.47. The van der Waals surface area contributed by atoms with Gasteiger partial charge in [0.2, 0.25) is 0 Å². The summed E-state index contributed by atoms with van der Waals surface area (Å²) in [6.07, 6.45) is 8.05. The fourth-order valence-electron chi connectivity index (χ4n) is 4.46. The van der Waals surface area contributed by atoms with Gasteiger partial charge >= 0.3 is 0 Å². The van der Waals surface area contributed by atoms with Gasteiger partial charge in [-0.15, -0.1) is 11.6 Å². The number of nitrogens with one attached hydrogen (secondary N) is 1. The van der Waals surface area contributed by atoms with E-state index in [2.05, 4.69) is 23.2 Å². The van der Waals surface area contributed by atoms with Crippen molar-refractivity contribution in [2.24, 2.45) is 0 Å². The van der Waals surface area contributed by atoms with Gasteiger partial charge in [0.25, 0.3) is 5.56 Å². The van der Waals surface area contributed by atoms with Gasteiger partial charge < -0.3 is 4.98 Å². The zero-order valence-electron chi connectivity index (χ0n) is 13.2. The van der Waals surface area contributed by atoms with E-state index >= 15 is 0 Å². The van der Waals surface area contributed by atoms with Crippen molar-refractivity contribution >= 4 is 11.6 Å². The maximum atomic E-state index is 12.9. The lowest BCUT2D eigenvalue weighted by Crippen LogP contribution is -2.39. The normalized spacial score (nSPS) is 19.0. The molecule has 3 nitrogen and oxygen atoms in total. The van der Waals surface area contributed by atoms with Crippen LogP contribution in [0.5, 0.6) is 0 Å². The highest BCUT2D eigenvalue weighted by molar-refractivity contribution is 6.16. The average Bonchev–Trinajstić information content (AvgIpc) is 2.80. The van der Waals surface area contributed by atoms with Gasteiger partial charge in [-0.25, -0.2) is 4.98 Å². The van der Waals surface area contributed by atoms with Crippen LogP contribution in [-0.4, -0.2) is 9.97 Å². The van der Waals surface area contributed by atoms with E-state index in [1.54, 1.807) is 0 Å². The fraction of sp³-hybridized carbons (Fsp3) is 0.474. The standard InChI is InChI=1S/C19H21ClN2O/c20-12-15-21-17-14-8-4-3-7-13(14)11-19(16(17)18(23)22-15)9-5-1-2-6-10-19/h3-4,7-8H,1-2,5-6,9-12H2,(H,21,22,23). The number of benzene rings is 1. The van der Waals surface area contributed by atoms with Gasteiger partial charge in [0.15, 0.2) is 0 Å². The quantitative estimate of drug-likeness (QED) is 0.792. The summed E-state index contributed by atoms with van der Waals surface area (Å²) in [7, 11) is 0. The topological polar surface area (TPSA) is 45.8 Å². The molecule has 1 spiro atoms. The van der Waals surface area contributed by atoms with Crippen LogP contribution in [0.3, 0.4) is 0 Å². The molecule has 0 aliphatic heterocycles. The Kier molecular flexibility index (Phi) is 3.76. The first-order valence-electron chi connectivity index (χ1n) is 8.51. The number of rotatable bonds is 1. The molecule has 0 unspecified atom stereocenters. The van der Waals surface area contributed by atoms with Gasteiger partial charge in [-0.05, 0) is 24.8 Å².